The number of aryl methyl sites for hydroxylation is 1. The highest BCUT2D eigenvalue weighted by Crippen LogP contribution is 2.35. The standard InChI is InChI=1S/C21H20BrClO3/c22-17-8-4-14(5-9-17)19-3-1-2-16(19)13-26-18-10-6-15(20(23)12-18)7-11-21(24)25/h4-6,8-10,12H,1-3,7,11,13H2,(H,24,25). The third-order valence-corrected chi connectivity index (χ3v) is 5.45. The Morgan fingerprint density at radius 1 is 1.15 bits per heavy atom. The third-order valence-electron chi connectivity index (χ3n) is 4.57. The van der Waals surface area contributed by atoms with E-state index in [4.69, 9.17) is 21.4 Å². The maximum Gasteiger partial charge on any atom is 0.303 e. The molecule has 3 nitrogen and oxygen atoms in total. The van der Waals surface area contributed by atoms with Crippen molar-refractivity contribution in [1.29, 1.82) is 0 Å². The van der Waals surface area contributed by atoms with Crippen LogP contribution in [0.4, 0.5) is 0 Å². The number of carboxylic acid groups (broad SMARTS) is 1. The van der Waals surface area contributed by atoms with E-state index in [1.54, 1.807) is 6.07 Å². The predicted molar refractivity (Wildman–Crippen MR) is 108 cm³/mol. The van der Waals surface area contributed by atoms with Crippen LogP contribution in [0, 0.1) is 0 Å². The molecule has 5 heteroatoms. The van der Waals surface area contributed by atoms with Crippen LogP contribution in [0.2, 0.25) is 5.02 Å². The molecule has 0 atom stereocenters. The first kappa shape index (κ1) is 19.0. The van der Waals surface area contributed by atoms with Gasteiger partial charge < -0.3 is 9.84 Å². The summed E-state index contributed by atoms with van der Waals surface area (Å²) in [4.78, 5) is 10.7. The zero-order valence-electron chi connectivity index (χ0n) is 14.3. The molecular formula is C21H20BrClO3. The summed E-state index contributed by atoms with van der Waals surface area (Å²) in [5.41, 5.74) is 4.79. The van der Waals surface area contributed by atoms with Gasteiger partial charge in [-0.1, -0.05) is 45.7 Å². The summed E-state index contributed by atoms with van der Waals surface area (Å²) in [6, 6.07) is 13.9. The highest BCUT2D eigenvalue weighted by molar-refractivity contribution is 9.10. The number of rotatable bonds is 7. The highest BCUT2D eigenvalue weighted by atomic mass is 79.9. The van der Waals surface area contributed by atoms with Crippen molar-refractivity contribution < 1.29 is 14.6 Å². The maximum atomic E-state index is 10.7. The van der Waals surface area contributed by atoms with Gasteiger partial charge >= 0.3 is 5.97 Å². The van der Waals surface area contributed by atoms with E-state index in [-0.39, 0.29) is 6.42 Å². The van der Waals surface area contributed by atoms with E-state index in [0.717, 1.165) is 29.3 Å². The fourth-order valence-corrected chi connectivity index (χ4v) is 3.73. The molecule has 0 aromatic heterocycles. The second-order valence-electron chi connectivity index (χ2n) is 6.38. The van der Waals surface area contributed by atoms with Gasteiger partial charge in [0.2, 0.25) is 0 Å². The minimum Gasteiger partial charge on any atom is -0.489 e. The largest absolute Gasteiger partial charge is 0.489 e. The van der Waals surface area contributed by atoms with Crippen molar-refractivity contribution in [2.75, 3.05) is 6.61 Å². The van der Waals surface area contributed by atoms with Crippen LogP contribution in [-0.2, 0) is 11.2 Å². The Morgan fingerprint density at radius 2 is 1.92 bits per heavy atom. The second kappa shape index (κ2) is 8.74. The maximum absolute atomic E-state index is 10.7. The van der Waals surface area contributed by atoms with Gasteiger partial charge in [-0.2, -0.15) is 0 Å². The monoisotopic (exact) mass is 434 g/mol. The number of allylic oxidation sites excluding steroid dienone is 1. The Kier molecular flexibility index (Phi) is 6.38. The minimum absolute atomic E-state index is 0.0728. The quantitative estimate of drug-likeness (QED) is 0.568. The van der Waals surface area contributed by atoms with Crippen molar-refractivity contribution in [3.8, 4) is 5.75 Å². The second-order valence-corrected chi connectivity index (χ2v) is 7.70. The van der Waals surface area contributed by atoms with E-state index in [1.807, 2.05) is 12.1 Å². The average molecular weight is 436 g/mol. The SMILES string of the molecule is O=C(O)CCc1ccc(OCC2=C(c3ccc(Br)cc3)CCC2)cc1Cl. The van der Waals surface area contributed by atoms with Crippen molar-refractivity contribution in [3.63, 3.8) is 0 Å². The van der Waals surface area contributed by atoms with E-state index in [1.165, 1.54) is 16.7 Å². The smallest absolute Gasteiger partial charge is 0.303 e. The fourth-order valence-electron chi connectivity index (χ4n) is 3.20. The molecule has 0 fully saturated rings. The number of aliphatic carboxylic acids is 1. The van der Waals surface area contributed by atoms with E-state index >= 15 is 0 Å². The molecule has 26 heavy (non-hydrogen) atoms. The zero-order chi connectivity index (χ0) is 18.5. The highest BCUT2D eigenvalue weighted by Gasteiger charge is 2.17. The number of carboxylic acids is 1. The number of halogens is 2. The lowest BCUT2D eigenvalue weighted by atomic mass is 10.0. The van der Waals surface area contributed by atoms with Gasteiger partial charge in [-0.3, -0.25) is 4.79 Å². The van der Waals surface area contributed by atoms with Gasteiger partial charge in [0.05, 0.1) is 0 Å². The van der Waals surface area contributed by atoms with Crippen LogP contribution in [0.15, 0.2) is 52.5 Å². The molecule has 1 aliphatic carbocycles. The molecule has 2 aromatic carbocycles. The van der Waals surface area contributed by atoms with Crippen LogP contribution < -0.4 is 4.74 Å². The summed E-state index contributed by atoms with van der Waals surface area (Å²) >= 11 is 9.73. The molecule has 2 aromatic rings. The number of hydrogen-bond acceptors (Lipinski definition) is 2. The number of ether oxygens (including phenoxy) is 1. The van der Waals surface area contributed by atoms with Crippen LogP contribution >= 0.6 is 27.5 Å². The zero-order valence-corrected chi connectivity index (χ0v) is 16.6. The summed E-state index contributed by atoms with van der Waals surface area (Å²) < 4.78 is 7.04. The van der Waals surface area contributed by atoms with E-state index in [2.05, 4.69) is 40.2 Å². The lowest BCUT2D eigenvalue weighted by Gasteiger charge is -2.12. The Morgan fingerprint density at radius 3 is 2.62 bits per heavy atom. The predicted octanol–water partition coefficient (Wildman–Crippen LogP) is 6.14. The summed E-state index contributed by atoms with van der Waals surface area (Å²) in [6.07, 6.45) is 3.78. The Bertz CT molecular complexity index is 828. The molecule has 0 bridgehead atoms. The van der Waals surface area contributed by atoms with E-state index in [0.29, 0.717) is 23.8 Å². The number of benzene rings is 2. The molecule has 3 rings (SSSR count). The molecule has 0 unspecified atom stereocenters. The summed E-state index contributed by atoms with van der Waals surface area (Å²) in [6.45, 7) is 0.552. The fraction of sp³-hybridized carbons (Fsp3) is 0.286. The summed E-state index contributed by atoms with van der Waals surface area (Å²) in [7, 11) is 0. The molecule has 0 saturated heterocycles. The van der Waals surface area contributed by atoms with Crippen molar-refractivity contribution in [3.05, 3.63) is 68.7 Å². The van der Waals surface area contributed by atoms with Gasteiger partial charge in [0.25, 0.3) is 0 Å². The molecule has 0 spiro atoms. The Balaban J connectivity index is 1.67. The van der Waals surface area contributed by atoms with Crippen LogP contribution in [-0.4, -0.2) is 17.7 Å². The molecule has 136 valence electrons. The van der Waals surface area contributed by atoms with Gasteiger partial charge in [-0.15, -0.1) is 0 Å². The van der Waals surface area contributed by atoms with Crippen LogP contribution in [0.5, 0.6) is 5.75 Å². The Hall–Kier alpha value is -1.78. The third kappa shape index (κ3) is 4.89. The normalized spacial score (nSPS) is 13.9. The molecule has 0 radical (unpaired) electrons. The van der Waals surface area contributed by atoms with Crippen molar-refractivity contribution in [1.82, 2.24) is 0 Å². The summed E-state index contributed by atoms with van der Waals surface area (Å²) in [5.74, 6) is -0.112. The molecule has 0 heterocycles. The first-order valence-electron chi connectivity index (χ1n) is 8.63. The molecule has 0 aliphatic heterocycles. The van der Waals surface area contributed by atoms with Crippen molar-refractivity contribution in [2.24, 2.45) is 0 Å². The summed E-state index contributed by atoms with van der Waals surface area (Å²) in [5, 5.41) is 9.34. The first-order valence-corrected chi connectivity index (χ1v) is 9.80. The van der Waals surface area contributed by atoms with Gasteiger partial charge in [-0.25, -0.2) is 0 Å². The van der Waals surface area contributed by atoms with Gasteiger partial charge in [-0.05, 0) is 72.2 Å². The molecule has 1 aliphatic rings. The Labute approximate surface area is 166 Å². The van der Waals surface area contributed by atoms with Gasteiger partial charge in [0, 0.05) is 15.9 Å². The topological polar surface area (TPSA) is 46.5 Å². The van der Waals surface area contributed by atoms with Crippen molar-refractivity contribution >= 4 is 39.1 Å². The lowest BCUT2D eigenvalue weighted by molar-refractivity contribution is -0.136. The first-order chi connectivity index (χ1) is 12.5. The molecular weight excluding hydrogens is 416 g/mol. The average Bonchev–Trinajstić information content (AvgIpc) is 3.08. The lowest BCUT2D eigenvalue weighted by Crippen LogP contribution is -2.02. The van der Waals surface area contributed by atoms with Gasteiger partial charge in [0.15, 0.2) is 0 Å². The van der Waals surface area contributed by atoms with Crippen molar-refractivity contribution in [2.45, 2.75) is 32.1 Å². The van der Waals surface area contributed by atoms with E-state index < -0.39 is 5.97 Å². The van der Waals surface area contributed by atoms with Crippen LogP contribution in [0.25, 0.3) is 5.57 Å². The number of hydrogen-bond donors (Lipinski definition) is 1. The number of carbonyl (C=O) groups is 1. The van der Waals surface area contributed by atoms with Crippen LogP contribution in [0.1, 0.15) is 36.8 Å². The molecule has 0 amide bonds. The molecule has 0 saturated carbocycles. The molecule has 1 N–H and O–H groups in total. The van der Waals surface area contributed by atoms with E-state index in [9.17, 15) is 4.79 Å². The minimum atomic E-state index is -0.824. The van der Waals surface area contributed by atoms with Gasteiger partial charge in [0.1, 0.15) is 12.4 Å². The van der Waals surface area contributed by atoms with Crippen LogP contribution in [0.3, 0.4) is 0 Å².